The summed E-state index contributed by atoms with van der Waals surface area (Å²) in [5.41, 5.74) is 8.82. The van der Waals surface area contributed by atoms with E-state index in [4.69, 9.17) is 22.5 Å². The normalized spacial score (nSPS) is 11.6. The number of nitrogens with two attached hydrogens (primary N) is 1. The summed E-state index contributed by atoms with van der Waals surface area (Å²) in [6.07, 6.45) is 0. The molecule has 0 fully saturated rings. The van der Waals surface area contributed by atoms with Gasteiger partial charge in [-0.1, -0.05) is 46.6 Å². The van der Waals surface area contributed by atoms with Crippen molar-refractivity contribution in [2.45, 2.75) is 17.6 Å². The van der Waals surface area contributed by atoms with Crippen LogP contribution >= 0.6 is 23.4 Å². The smallest absolute Gasteiger partial charge is 0.171 e. The van der Waals surface area contributed by atoms with E-state index in [0.29, 0.717) is 10.6 Å². The third-order valence-electron chi connectivity index (χ3n) is 2.80. The molecule has 2 aromatic rings. The second-order valence-corrected chi connectivity index (χ2v) is 5.86. The molecule has 5 heteroatoms. The van der Waals surface area contributed by atoms with Gasteiger partial charge in [0.15, 0.2) is 5.84 Å². The molecule has 0 aliphatic rings. The minimum Gasteiger partial charge on any atom is -0.409 e. The van der Waals surface area contributed by atoms with Gasteiger partial charge >= 0.3 is 0 Å². The van der Waals surface area contributed by atoms with Crippen molar-refractivity contribution in [3.05, 3.63) is 64.2 Å². The highest BCUT2D eigenvalue weighted by molar-refractivity contribution is 7.98. The van der Waals surface area contributed by atoms with Gasteiger partial charge in [0.1, 0.15) is 0 Å². The van der Waals surface area contributed by atoms with Gasteiger partial charge in [-0.25, -0.2) is 0 Å². The van der Waals surface area contributed by atoms with E-state index in [1.165, 1.54) is 11.1 Å². The molecule has 0 aliphatic carbocycles. The van der Waals surface area contributed by atoms with Gasteiger partial charge in [0, 0.05) is 21.2 Å². The lowest BCUT2D eigenvalue weighted by molar-refractivity contribution is 0.318. The van der Waals surface area contributed by atoms with Crippen LogP contribution in [0.2, 0.25) is 5.02 Å². The van der Waals surface area contributed by atoms with Gasteiger partial charge in [-0.05, 0) is 30.7 Å². The van der Waals surface area contributed by atoms with E-state index >= 15 is 0 Å². The van der Waals surface area contributed by atoms with Crippen LogP contribution in [0.15, 0.2) is 52.5 Å². The van der Waals surface area contributed by atoms with Gasteiger partial charge in [-0.2, -0.15) is 0 Å². The van der Waals surface area contributed by atoms with E-state index in [9.17, 15) is 0 Å². The summed E-state index contributed by atoms with van der Waals surface area (Å²) < 4.78 is 0. The van der Waals surface area contributed by atoms with Gasteiger partial charge in [-0.15, -0.1) is 11.8 Å². The molecule has 0 unspecified atom stereocenters. The summed E-state index contributed by atoms with van der Waals surface area (Å²) in [6, 6.07) is 13.6. The van der Waals surface area contributed by atoms with Gasteiger partial charge < -0.3 is 10.9 Å². The van der Waals surface area contributed by atoms with Crippen LogP contribution < -0.4 is 5.73 Å². The summed E-state index contributed by atoms with van der Waals surface area (Å²) in [5.74, 6) is 0.890. The van der Waals surface area contributed by atoms with E-state index in [1.807, 2.05) is 12.1 Å². The Balaban J connectivity index is 2.22. The van der Waals surface area contributed by atoms with E-state index in [0.717, 1.165) is 10.6 Å². The molecule has 0 aliphatic heterocycles. The Kier molecular flexibility index (Phi) is 4.93. The van der Waals surface area contributed by atoms with Crippen LogP contribution in [0.1, 0.15) is 16.7 Å². The number of nitrogens with zero attached hydrogens (tertiary/aromatic N) is 1. The molecule has 2 aromatic carbocycles. The summed E-state index contributed by atoms with van der Waals surface area (Å²) in [6.45, 7) is 2.06. The number of hydrogen-bond acceptors (Lipinski definition) is 3. The molecule has 20 heavy (non-hydrogen) atoms. The van der Waals surface area contributed by atoms with Crippen LogP contribution in [0, 0.1) is 6.92 Å². The number of benzene rings is 2. The van der Waals surface area contributed by atoms with Crippen molar-refractivity contribution < 1.29 is 5.21 Å². The first-order valence-corrected chi connectivity index (χ1v) is 7.42. The molecule has 0 radical (unpaired) electrons. The van der Waals surface area contributed by atoms with E-state index in [2.05, 4.69) is 30.3 Å². The Morgan fingerprint density at radius 2 is 2.10 bits per heavy atom. The minimum atomic E-state index is 0.0911. The fourth-order valence-electron chi connectivity index (χ4n) is 1.84. The number of hydrogen-bond donors (Lipinski definition) is 2. The van der Waals surface area contributed by atoms with Crippen LogP contribution in [0.25, 0.3) is 0 Å². The first-order valence-electron chi connectivity index (χ1n) is 6.06. The zero-order valence-corrected chi connectivity index (χ0v) is 12.6. The maximum Gasteiger partial charge on any atom is 0.171 e. The lowest BCUT2D eigenvalue weighted by Gasteiger charge is -2.09. The second-order valence-electron chi connectivity index (χ2n) is 4.40. The lowest BCUT2D eigenvalue weighted by atomic mass is 10.2. The molecular weight excluding hydrogens is 292 g/mol. The molecule has 0 amide bonds. The Morgan fingerprint density at radius 1 is 1.30 bits per heavy atom. The quantitative estimate of drug-likeness (QED) is 0.295. The molecule has 0 atom stereocenters. The highest BCUT2D eigenvalue weighted by Gasteiger charge is 2.09. The molecule has 3 N–H and O–H groups in total. The molecule has 0 heterocycles. The average Bonchev–Trinajstić information content (AvgIpc) is 2.44. The van der Waals surface area contributed by atoms with Crippen molar-refractivity contribution in [3.63, 3.8) is 0 Å². The van der Waals surface area contributed by atoms with Crippen molar-refractivity contribution in [2.75, 3.05) is 0 Å². The van der Waals surface area contributed by atoms with Crippen molar-refractivity contribution in [2.24, 2.45) is 10.9 Å². The maximum absolute atomic E-state index is 8.82. The van der Waals surface area contributed by atoms with Crippen LogP contribution in [0.3, 0.4) is 0 Å². The zero-order valence-electron chi connectivity index (χ0n) is 11.0. The predicted octanol–water partition coefficient (Wildman–Crippen LogP) is 4.04. The van der Waals surface area contributed by atoms with E-state index in [-0.39, 0.29) is 5.84 Å². The molecule has 0 spiro atoms. The van der Waals surface area contributed by atoms with Crippen molar-refractivity contribution in [3.8, 4) is 0 Å². The first kappa shape index (κ1) is 14.8. The third kappa shape index (κ3) is 3.68. The summed E-state index contributed by atoms with van der Waals surface area (Å²) in [4.78, 5) is 0.898. The van der Waals surface area contributed by atoms with Crippen molar-refractivity contribution >= 4 is 29.2 Å². The Labute approximate surface area is 127 Å². The summed E-state index contributed by atoms with van der Waals surface area (Å²) in [5, 5.41) is 12.5. The fraction of sp³-hybridized carbons (Fsp3) is 0.133. The second kappa shape index (κ2) is 6.68. The number of oxime groups is 1. The molecule has 104 valence electrons. The van der Waals surface area contributed by atoms with Gasteiger partial charge in [-0.3, -0.25) is 0 Å². The number of halogens is 1. The number of thioether (sulfide) groups is 1. The monoisotopic (exact) mass is 306 g/mol. The topological polar surface area (TPSA) is 58.6 Å². The molecule has 0 aromatic heterocycles. The molecule has 3 nitrogen and oxygen atoms in total. The highest BCUT2D eigenvalue weighted by Crippen LogP contribution is 2.29. The summed E-state index contributed by atoms with van der Waals surface area (Å²) in [7, 11) is 0. The molecule has 0 saturated carbocycles. The molecular formula is C15H15ClN2OS. The maximum atomic E-state index is 8.82. The van der Waals surface area contributed by atoms with Crippen molar-refractivity contribution in [1.29, 1.82) is 0 Å². The van der Waals surface area contributed by atoms with Gasteiger partial charge in [0.05, 0.1) is 0 Å². The average molecular weight is 307 g/mol. The predicted molar refractivity (Wildman–Crippen MR) is 84.7 cm³/mol. The van der Waals surface area contributed by atoms with E-state index < -0.39 is 0 Å². The zero-order chi connectivity index (χ0) is 14.5. The lowest BCUT2D eigenvalue weighted by Crippen LogP contribution is -2.14. The van der Waals surface area contributed by atoms with Crippen LogP contribution in [0.4, 0.5) is 0 Å². The van der Waals surface area contributed by atoms with Crippen LogP contribution in [-0.4, -0.2) is 11.0 Å². The van der Waals surface area contributed by atoms with Gasteiger partial charge in [0.2, 0.25) is 0 Å². The largest absolute Gasteiger partial charge is 0.409 e. The standard InChI is InChI=1S/C15H15ClN2OS/c1-10-3-2-4-11(7-10)9-20-14-8-12(16)5-6-13(14)15(17)18-19/h2-8,19H,9H2,1H3,(H2,17,18). The summed E-state index contributed by atoms with van der Waals surface area (Å²) >= 11 is 7.63. The Bertz CT molecular complexity index is 644. The fourth-order valence-corrected chi connectivity index (χ4v) is 3.12. The number of rotatable bonds is 4. The van der Waals surface area contributed by atoms with Crippen LogP contribution in [0.5, 0.6) is 0 Å². The third-order valence-corrected chi connectivity index (χ3v) is 4.17. The molecule has 2 rings (SSSR count). The highest BCUT2D eigenvalue weighted by atomic mass is 35.5. The number of aryl methyl sites for hydroxylation is 1. The minimum absolute atomic E-state index is 0.0911. The van der Waals surface area contributed by atoms with Crippen molar-refractivity contribution in [1.82, 2.24) is 0 Å². The van der Waals surface area contributed by atoms with E-state index in [1.54, 1.807) is 23.9 Å². The van der Waals surface area contributed by atoms with Crippen LogP contribution in [-0.2, 0) is 5.75 Å². The molecule has 0 bridgehead atoms. The number of amidine groups is 1. The first-order chi connectivity index (χ1) is 9.60. The Hall–Kier alpha value is -1.65. The molecule has 0 saturated heterocycles. The van der Waals surface area contributed by atoms with Gasteiger partial charge in [0.25, 0.3) is 0 Å². The SMILES string of the molecule is Cc1cccc(CSc2cc(Cl)ccc2C(N)=NO)c1. The Morgan fingerprint density at radius 3 is 2.80 bits per heavy atom.